The molecule has 2 aromatic rings. The van der Waals surface area contributed by atoms with Crippen LogP contribution in [0.2, 0.25) is 0 Å². The second kappa shape index (κ2) is 9.96. The summed E-state index contributed by atoms with van der Waals surface area (Å²) in [6.45, 7) is 3.05. The van der Waals surface area contributed by atoms with Crippen LogP contribution in [0.1, 0.15) is 18.1 Å². The summed E-state index contributed by atoms with van der Waals surface area (Å²) in [5, 5.41) is 6.37. The van der Waals surface area contributed by atoms with E-state index in [4.69, 9.17) is 14.3 Å². The minimum absolute atomic E-state index is 0.394. The highest BCUT2D eigenvalue weighted by molar-refractivity contribution is 5.95. The van der Waals surface area contributed by atoms with E-state index in [0.29, 0.717) is 5.69 Å². The average molecular weight is 370 g/mol. The Morgan fingerprint density at radius 1 is 1.11 bits per heavy atom. The van der Waals surface area contributed by atoms with Gasteiger partial charge in [-0.25, -0.2) is 4.79 Å². The summed E-state index contributed by atoms with van der Waals surface area (Å²) in [6.07, 6.45) is 0.508. The van der Waals surface area contributed by atoms with Gasteiger partial charge in [-0.15, -0.1) is 0 Å². The number of rotatable bonds is 8. The lowest BCUT2D eigenvalue weighted by Crippen LogP contribution is -2.31. The molecule has 0 aromatic heterocycles. The van der Waals surface area contributed by atoms with Crippen molar-refractivity contribution in [3.63, 3.8) is 0 Å². The van der Waals surface area contributed by atoms with Gasteiger partial charge in [-0.2, -0.15) is 0 Å². The number of carbonyl (C=O) groups is 2. The van der Waals surface area contributed by atoms with Crippen molar-refractivity contribution in [2.75, 3.05) is 19.0 Å². The maximum atomic E-state index is 12.0. The smallest absolute Gasteiger partial charge is 0.347 e. The standard InChI is InChI=1S/C20H22N2O5/c1-14-4-8-17(9-5-14)22-20(24)15(2)27-19(23)13-26-21-12-16-6-10-18(25-3)11-7-16/h4-12,15H,13H2,1-3H3,(H,22,24)/b21-12-/t15-/m0/s1. The first-order valence-corrected chi connectivity index (χ1v) is 8.34. The summed E-state index contributed by atoms with van der Waals surface area (Å²) in [7, 11) is 1.58. The summed E-state index contributed by atoms with van der Waals surface area (Å²) in [5.74, 6) is -0.378. The molecule has 0 saturated heterocycles. The number of nitrogens with zero attached hydrogens (tertiary/aromatic N) is 1. The summed E-state index contributed by atoms with van der Waals surface area (Å²) in [6, 6.07) is 14.5. The number of nitrogens with one attached hydrogen (secondary N) is 1. The number of anilines is 1. The van der Waals surface area contributed by atoms with E-state index < -0.39 is 24.6 Å². The zero-order valence-corrected chi connectivity index (χ0v) is 15.5. The SMILES string of the molecule is COc1ccc(/C=N\OCC(=O)O[C@@H](C)C(=O)Nc2ccc(C)cc2)cc1. The third kappa shape index (κ3) is 6.81. The molecule has 7 nitrogen and oxygen atoms in total. The van der Waals surface area contributed by atoms with Crippen LogP contribution in [-0.2, 0) is 19.2 Å². The van der Waals surface area contributed by atoms with Crippen molar-refractivity contribution in [1.82, 2.24) is 0 Å². The van der Waals surface area contributed by atoms with Gasteiger partial charge in [0.25, 0.3) is 5.91 Å². The monoisotopic (exact) mass is 370 g/mol. The number of benzene rings is 2. The normalized spacial score (nSPS) is 11.7. The van der Waals surface area contributed by atoms with E-state index in [2.05, 4.69) is 10.5 Å². The van der Waals surface area contributed by atoms with Gasteiger partial charge < -0.3 is 19.6 Å². The van der Waals surface area contributed by atoms with Crippen LogP contribution >= 0.6 is 0 Å². The number of hydrogen-bond donors (Lipinski definition) is 1. The van der Waals surface area contributed by atoms with Crippen molar-refractivity contribution in [3.8, 4) is 5.75 Å². The first kappa shape index (κ1) is 20.0. The largest absolute Gasteiger partial charge is 0.497 e. The van der Waals surface area contributed by atoms with Crippen LogP contribution in [0.4, 0.5) is 5.69 Å². The van der Waals surface area contributed by atoms with Crippen LogP contribution in [-0.4, -0.2) is 37.9 Å². The van der Waals surface area contributed by atoms with Gasteiger partial charge in [-0.3, -0.25) is 4.79 Å². The second-order valence-electron chi connectivity index (χ2n) is 5.77. The summed E-state index contributed by atoms with van der Waals surface area (Å²) in [5.41, 5.74) is 2.50. The lowest BCUT2D eigenvalue weighted by Gasteiger charge is -2.13. The Bertz CT molecular complexity index is 785. The molecule has 1 atom stereocenters. The maximum Gasteiger partial charge on any atom is 0.347 e. The number of esters is 1. The van der Waals surface area contributed by atoms with Crippen LogP contribution in [0.3, 0.4) is 0 Å². The van der Waals surface area contributed by atoms with E-state index in [1.807, 2.05) is 19.1 Å². The molecule has 2 rings (SSSR count). The molecule has 0 unspecified atom stereocenters. The number of ether oxygens (including phenoxy) is 2. The third-order valence-corrected chi connectivity index (χ3v) is 3.57. The van der Waals surface area contributed by atoms with Gasteiger partial charge in [0, 0.05) is 5.69 Å². The lowest BCUT2D eigenvalue weighted by molar-refractivity contribution is -0.157. The summed E-state index contributed by atoms with van der Waals surface area (Å²) in [4.78, 5) is 28.7. The fraction of sp³-hybridized carbons (Fsp3) is 0.250. The zero-order valence-electron chi connectivity index (χ0n) is 15.5. The fourth-order valence-corrected chi connectivity index (χ4v) is 2.04. The predicted molar refractivity (Wildman–Crippen MR) is 102 cm³/mol. The topological polar surface area (TPSA) is 86.2 Å². The number of carbonyl (C=O) groups excluding carboxylic acids is 2. The molecular formula is C20H22N2O5. The van der Waals surface area contributed by atoms with E-state index >= 15 is 0 Å². The highest BCUT2D eigenvalue weighted by Gasteiger charge is 2.18. The van der Waals surface area contributed by atoms with E-state index in [1.54, 1.807) is 43.5 Å². The average Bonchev–Trinajstić information content (AvgIpc) is 2.67. The van der Waals surface area contributed by atoms with Crippen molar-refractivity contribution >= 4 is 23.8 Å². The molecule has 0 spiro atoms. The third-order valence-electron chi connectivity index (χ3n) is 3.57. The van der Waals surface area contributed by atoms with Crippen molar-refractivity contribution in [3.05, 3.63) is 59.7 Å². The van der Waals surface area contributed by atoms with Gasteiger partial charge in [0.05, 0.1) is 13.3 Å². The molecule has 2 aromatic carbocycles. The molecule has 1 N–H and O–H groups in total. The molecule has 0 heterocycles. The fourth-order valence-electron chi connectivity index (χ4n) is 2.04. The van der Waals surface area contributed by atoms with Gasteiger partial charge >= 0.3 is 5.97 Å². The van der Waals surface area contributed by atoms with E-state index in [1.165, 1.54) is 13.1 Å². The summed E-state index contributed by atoms with van der Waals surface area (Å²) < 4.78 is 10.1. The Kier molecular flexibility index (Phi) is 7.37. The lowest BCUT2D eigenvalue weighted by atomic mass is 10.2. The predicted octanol–water partition coefficient (Wildman–Crippen LogP) is 2.92. The van der Waals surface area contributed by atoms with Gasteiger partial charge in [-0.1, -0.05) is 22.9 Å². The molecule has 0 bridgehead atoms. The molecule has 27 heavy (non-hydrogen) atoms. The first-order valence-electron chi connectivity index (χ1n) is 8.34. The quantitative estimate of drug-likeness (QED) is 0.439. The molecule has 7 heteroatoms. The van der Waals surface area contributed by atoms with Gasteiger partial charge in [0.2, 0.25) is 6.61 Å². The van der Waals surface area contributed by atoms with Crippen LogP contribution in [0.5, 0.6) is 5.75 Å². The first-order chi connectivity index (χ1) is 13.0. The van der Waals surface area contributed by atoms with E-state index in [-0.39, 0.29) is 0 Å². The van der Waals surface area contributed by atoms with Crippen LogP contribution < -0.4 is 10.1 Å². The second-order valence-corrected chi connectivity index (χ2v) is 5.77. The molecule has 0 fully saturated rings. The van der Waals surface area contributed by atoms with Crippen molar-refractivity contribution in [2.24, 2.45) is 5.16 Å². The van der Waals surface area contributed by atoms with Crippen LogP contribution in [0.15, 0.2) is 53.7 Å². The van der Waals surface area contributed by atoms with Crippen LogP contribution in [0, 0.1) is 6.92 Å². The maximum absolute atomic E-state index is 12.0. The highest BCUT2D eigenvalue weighted by atomic mass is 16.7. The number of amides is 1. The zero-order chi connectivity index (χ0) is 19.6. The Morgan fingerprint density at radius 3 is 2.41 bits per heavy atom. The Balaban J connectivity index is 1.72. The minimum Gasteiger partial charge on any atom is -0.497 e. The van der Waals surface area contributed by atoms with Crippen molar-refractivity contribution < 1.29 is 23.9 Å². The van der Waals surface area contributed by atoms with Gasteiger partial charge in [0.1, 0.15) is 5.75 Å². The summed E-state index contributed by atoms with van der Waals surface area (Å²) >= 11 is 0. The van der Waals surface area contributed by atoms with Gasteiger partial charge in [-0.05, 0) is 55.8 Å². The van der Waals surface area contributed by atoms with Crippen molar-refractivity contribution in [2.45, 2.75) is 20.0 Å². The number of methoxy groups -OCH3 is 1. The van der Waals surface area contributed by atoms with Crippen LogP contribution in [0.25, 0.3) is 0 Å². The minimum atomic E-state index is -0.951. The van der Waals surface area contributed by atoms with Crippen molar-refractivity contribution in [1.29, 1.82) is 0 Å². The molecular weight excluding hydrogens is 348 g/mol. The van der Waals surface area contributed by atoms with E-state index in [9.17, 15) is 9.59 Å². The highest BCUT2D eigenvalue weighted by Crippen LogP contribution is 2.10. The van der Waals surface area contributed by atoms with Gasteiger partial charge in [0.15, 0.2) is 6.10 Å². The molecule has 142 valence electrons. The Labute approximate surface area is 157 Å². The number of oxime groups is 1. The Hall–Kier alpha value is -3.35. The molecule has 0 aliphatic carbocycles. The number of aryl methyl sites for hydroxylation is 1. The Morgan fingerprint density at radius 2 is 1.78 bits per heavy atom. The molecule has 0 saturated carbocycles. The number of hydrogen-bond acceptors (Lipinski definition) is 6. The molecule has 0 aliphatic rings. The molecule has 0 radical (unpaired) electrons. The molecule has 1 amide bonds. The van der Waals surface area contributed by atoms with E-state index in [0.717, 1.165) is 16.9 Å². The molecule has 0 aliphatic heterocycles.